The summed E-state index contributed by atoms with van der Waals surface area (Å²) in [5, 5.41) is 11.8. The molecule has 0 spiro atoms. The fourth-order valence-corrected chi connectivity index (χ4v) is 10.4. The molecule has 4 heterocycles. The van der Waals surface area contributed by atoms with Gasteiger partial charge in [-0.2, -0.15) is 10.2 Å². The van der Waals surface area contributed by atoms with Crippen molar-refractivity contribution in [1.82, 2.24) is 14.2 Å². The van der Waals surface area contributed by atoms with Gasteiger partial charge in [0.05, 0.1) is 39.9 Å². The Morgan fingerprint density at radius 3 is 2.17 bits per heavy atom. The Kier molecular flexibility index (Phi) is 14.2. The van der Waals surface area contributed by atoms with Crippen LogP contribution >= 0.6 is 8.53 Å². The highest BCUT2D eigenvalue weighted by atomic mass is 31.2. The molecule has 0 saturated carbocycles. The number of aromatic nitrogens is 2. The summed E-state index contributed by atoms with van der Waals surface area (Å²) in [6.45, 7) is 1.96. The van der Waals surface area contributed by atoms with Crippen LogP contribution in [-0.4, -0.2) is 85.3 Å². The molecule has 0 unspecified atom stereocenters. The van der Waals surface area contributed by atoms with Gasteiger partial charge in [0.1, 0.15) is 54.1 Å². The van der Waals surface area contributed by atoms with Crippen LogP contribution in [0.15, 0.2) is 126 Å². The molecule has 328 valence electrons. The summed E-state index contributed by atoms with van der Waals surface area (Å²) in [5.41, 5.74) is 1.63. The molecule has 15 nitrogen and oxygen atoms in total. The van der Waals surface area contributed by atoms with Gasteiger partial charge in [0, 0.05) is 25.7 Å². The third-order valence-corrected chi connectivity index (χ3v) is 13.2. The lowest BCUT2D eigenvalue weighted by atomic mass is 9.80. The molecular weight excluding hydrogens is 826 g/mol. The van der Waals surface area contributed by atoms with Crippen LogP contribution in [0.2, 0.25) is 0 Å². The zero-order valence-corrected chi connectivity index (χ0v) is 36.2. The van der Waals surface area contributed by atoms with E-state index in [1.165, 1.54) is 23.8 Å². The molecule has 3 saturated heterocycles. The smallest absolute Gasteiger partial charge is 0.351 e. The van der Waals surface area contributed by atoms with Crippen molar-refractivity contribution in [1.29, 1.82) is 5.26 Å². The quantitative estimate of drug-likeness (QED) is 0.0406. The number of amides is 1. The maximum atomic E-state index is 13.8. The lowest BCUT2D eigenvalue weighted by Gasteiger charge is -2.37. The van der Waals surface area contributed by atoms with Gasteiger partial charge in [-0.3, -0.25) is 9.36 Å². The predicted molar refractivity (Wildman–Crippen MR) is 233 cm³/mol. The minimum atomic E-state index is -1.67. The maximum absolute atomic E-state index is 13.8. The van der Waals surface area contributed by atoms with E-state index in [4.69, 9.17) is 37.5 Å². The van der Waals surface area contributed by atoms with Crippen molar-refractivity contribution in [3.05, 3.63) is 154 Å². The summed E-state index contributed by atoms with van der Waals surface area (Å²) in [6, 6.07) is 39.2. The third-order valence-electron chi connectivity index (χ3n) is 11.4. The summed E-state index contributed by atoms with van der Waals surface area (Å²) < 4.78 is 55.2. The van der Waals surface area contributed by atoms with Crippen molar-refractivity contribution in [3.8, 4) is 17.6 Å². The lowest BCUT2D eigenvalue weighted by Crippen LogP contribution is -2.42. The van der Waals surface area contributed by atoms with Gasteiger partial charge in [-0.05, 0) is 65.4 Å². The average Bonchev–Trinajstić information content (AvgIpc) is 4.03. The number of hydrogen-bond acceptors (Lipinski definition) is 13. The van der Waals surface area contributed by atoms with E-state index in [0.29, 0.717) is 11.5 Å². The van der Waals surface area contributed by atoms with Crippen LogP contribution in [0.5, 0.6) is 11.5 Å². The Labute approximate surface area is 367 Å². The van der Waals surface area contributed by atoms with Crippen molar-refractivity contribution in [2.24, 2.45) is 0 Å². The number of rotatable bonds is 18. The predicted octanol–water partition coefficient (Wildman–Crippen LogP) is 7.25. The first-order valence-corrected chi connectivity index (χ1v) is 22.0. The molecule has 3 fully saturated rings. The second-order valence-corrected chi connectivity index (χ2v) is 16.7. The van der Waals surface area contributed by atoms with Gasteiger partial charge in [0.2, 0.25) is 5.91 Å². The fraction of sp³-hybridized carbons (Fsp3) is 0.362. The first kappa shape index (κ1) is 44.1. The molecule has 0 bridgehead atoms. The monoisotopic (exact) mass is 875 g/mol. The average molecular weight is 876 g/mol. The van der Waals surface area contributed by atoms with Crippen LogP contribution in [0.4, 0.5) is 5.82 Å². The summed E-state index contributed by atoms with van der Waals surface area (Å²) in [7, 11) is 1.57. The van der Waals surface area contributed by atoms with Crippen LogP contribution in [0.3, 0.4) is 0 Å². The van der Waals surface area contributed by atoms with Gasteiger partial charge >= 0.3 is 5.69 Å². The van der Waals surface area contributed by atoms with Crippen LogP contribution in [0, 0.1) is 11.3 Å². The van der Waals surface area contributed by atoms with Gasteiger partial charge in [-0.1, -0.05) is 84.9 Å². The Hall–Kier alpha value is -5.53. The molecule has 3 aliphatic rings. The molecule has 63 heavy (non-hydrogen) atoms. The Morgan fingerprint density at radius 2 is 1.56 bits per heavy atom. The number of nitrogens with one attached hydrogen (secondary N) is 1. The zero-order chi connectivity index (χ0) is 43.8. The molecule has 1 N–H and O–H groups in total. The van der Waals surface area contributed by atoms with Crippen LogP contribution in [-0.2, 0) is 38.4 Å². The molecular formula is C47H50N5O10P. The number of fused-ring (bicyclic) bond motifs is 1. The van der Waals surface area contributed by atoms with E-state index in [0.717, 1.165) is 41.6 Å². The van der Waals surface area contributed by atoms with E-state index in [1.54, 1.807) is 14.2 Å². The normalized spacial score (nSPS) is 23.2. The van der Waals surface area contributed by atoms with Gasteiger partial charge in [-0.15, -0.1) is 0 Å². The second kappa shape index (κ2) is 20.3. The van der Waals surface area contributed by atoms with Crippen LogP contribution in [0.25, 0.3) is 0 Å². The number of anilines is 1. The molecule has 7 atom stereocenters. The molecule has 5 aromatic rings. The molecule has 8 rings (SSSR count). The van der Waals surface area contributed by atoms with E-state index in [2.05, 4.69) is 33.2 Å². The van der Waals surface area contributed by atoms with Gasteiger partial charge in [-0.25, -0.2) is 9.46 Å². The van der Waals surface area contributed by atoms with Crippen molar-refractivity contribution >= 4 is 20.3 Å². The number of carbonyl (C=O) groups excluding carboxylic acids is 1. The molecule has 1 amide bonds. The minimum Gasteiger partial charge on any atom is -0.497 e. The van der Waals surface area contributed by atoms with Crippen molar-refractivity contribution < 1.29 is 42.3 Å². The fourth-order valence-electron chi connectivity index (χ4n) is 8.44. The molecule has 16 heteroatoms. The highest BCUT2D eigenvalue weighted by Gasteiger charge is 2.54. The van der Waals surface area contributed by atoms with Crippen molar-refractivity contribution in [2.75, 3.05) is 46.1 Å². The van der Waals surface area contributed by atoms with Gasteiger partial charge in [0.25, 0.3) is 8.53 Å². The second-order valence-electron chi connectivity index (χ2n) is 15.2. The molecule has 1 aromatic heterocycles. The Morgan fingerprint density at radius 1 is 0.905 bits per heavy atom. The summed E-state index contributed by atoms with van der Waals surface area (Å²) in [5.74, 6) is 1.08. The number of hydrogen-bond donors (Lipinski definition) is 1. The Balaban J connectivity index is 1.21. The van der Waals surface area contributed by atoms with E-state index < -0.39 is 44.4 Å². The third kappa shape index (κ3) is 9.55. The van der Waals surface area contributed by atoms with Crippen LogP contribution in [0.1, 0.15) is 60.8 Å². The number of nitrogens with zero attached hydrogens (tertiary/aromatic N) is 4. The SMILES string of the molecule is COc1ccc(C(OC[C@H]2O[C@@H](n3ccc(NC(C)=O)nc3=O)[C@H](OCOCCC#N)[C@@H]2O[P@@]2O[C@@H](c3ccccc3)[C@H]3CCCN32)(c2ccccc2)c2ccc(OC)cc2)cc1. The van der Waals surface area contributed by atoms with Crippen molar-refractivity contribution in [3.63, 3.8) is 0 Å². The number of nitriles is 1. The first-order chi connectivity index (χ1) is 30.8. The summed E-state index contributed by atoms with van der Waals surface area (Å²) >= 11 is 0. The standard InChI is InChI=1S/C47H50N5O10P/c1-32(53)49-41-25-28-51(46(54)50-41)45-44(58-31-57-29-11-26-48)43(62-63-52-27-10-16-39(52)42(61-63)33-12-6-4-7-13-33)40(60-45)30-59-47(34-14-8-5-9-15-34,35-17-21-37(55-2)22-18-35)36-19-23-38(56-3)24-20-36/h4-9,12-15,17-25,28,39-40,42-45H,10-11,16,27,29-31H2,1-3H3,(H,49,50,53,54)/t39-,40-,42+,43-,44-,45-,63-/m1/s1. The van der Waals surface area contributed by atoms with Gasteiger partial charge in [0.15, 0.2) is 6.23 Å². The highest BCUT2D eigenvalue weighted by molar-refractivity contribution is 7.45. The largest absolute Gasteiger partial charge is 0.497 e. The number of benzene rings is 4. The van der Waals surface area contributed by atoms with E-state index >= 15 is 0 Å². The van der Waals surface area contributed by atoms with E-state index in [-0.39, 0.29) is 50.3 Å². The van der Waals surface area contributed by atoms with E-state index in [9.17, 15) is 14.9 Å². The highest BCUT2D eigenvalue weighted by Crippen LogP contribution is 2.62. The summed E-state index contributed by atoms with van der Waals surface area (Å²) in [6.07, 6.45) is -0.466. The molecule has 0 radical (unpaired) electrons. The molecule has 3 aliphatic heterocycles. The van der Waals surface area contributed by atoms with E-state index in [1.807, 2.05) is 97.1 Å². The first-order valence-electron chi connectivity index (χ1n) is 20.8. The summed E-state index contributed by atoms with van der Waals surface area (Å²) in [4.78, 5) is 29.8. The molecule has 4 aromatic carbocycles. The van der Waals surface area contributed by atoms with Crippen molar-refractivity contribution in [2.45, 2.75) is 68.5 Å². The lowest BCUT2D eigenvalue weighted by molar-refractivity contribution is -0.137. The Bertz CT molecular complexity index is 2340. The zero-order valence-electron chi connectivity index (χ0n) is 35.3. The van der Waals surface area contributed by atoms with Gasteiger partial charge < -0.3 is 42.8 Å². The topological polar surface area (TPSA) is 165 Å². The number of methoxy groups -OCH3 is 2. The molecule has 0 aliphatic carbocycles. The maximum Gasteiger partial charge on any atom is 0.351 e. The minimum absolute atomic E-state index is 0.0653. The van der Waals surface area contributed by atoms with Crippen LogP contribution < -0.4 is 20.5 Å². The number of carbonyl (C=O) groups is 1. The number of ether oxygens (including phenoxy) is 6.